The van der Waals surface area contributed by atoms with Crippen LogP contribution in [0.2, 0.25) is 0 Å². The molecule has 132 valence electrons. The number of ether oxygens (including phenoxy) is 3. The van der Waals surface area contributed by atoms with E-state index in [1.54, 1.807) is 36.4 Å². The molecule has 0 aliphatic carbocycles. The highest BCUT2D eigenvalue weighted by Crippen LogP contribution is 2.34. The predicted octanol–water partition coefficient (Wildman–Crippen LogP) is 4.13. The fourth-order valence-electron chi connectivity index (χ4n) is 2.15. The van der Waals surface area contributed by atoms with E-state index in [2.05, 4.69) is 22.6 Å². The molecule has 0 bridgehead atoms. The fraction of sp³-hybridized carbons (Fsp3) is 0.263. The lowest BCUT2D eigenvalue weighted by atomic mass is 10.1. The van der Waals surface area contributed by atoms with Gasteiger partial charge in [-0.05, 0) is 48.6 Å². The summed E-state index contributed by atoms with van der Waals surface area (Å²) in [6.45, 7) is 4.36. The zero-order valence-corrected chi connectivity index (χ0v) is 16.2. The lowest BCUT2D eigenvalue weighted by Crippen LogP contribution is -2.14. The number of rotatable bonds is 8. The molecule has 25 heavy (non-hydrogen) atoms. The summed E-state index contributed by atoms with van der Waals surface area (Å²) >= 11 is 2.08. The van der Waals surface area contributed by atoms with Crippen molar-refractivity contribution in [2.24, 2.45) is 0 Å². The minimum atomic E-state index is -0.578. The Bertz CT molecular complexity index is 743. The largest absolute Gasteiger partial charge is 0.490 e. The average Bonchev–Trinajstić information content (AvgIpc) is 2.63. The van der Waals surface area contributed by atoms with Crippen molar-refractivity contribution in [3.8, 4) is 11.5 Å². The molecule has 0 heterocycles. The van der Waals surface area contributed by atoms with Gasteiger partial charge in [0.25, 0.3) is 0 Å². The van der Waals surface area contributed by atoms with Gasteiger partial charge in [0, 0.05) is 5.56 Å². The van der Waals surface area contributed by atoms with Crippen molar-refractivity contribution in [1.29, 1.82) is 0 Å². The summed E-state index contributed by atoms with van der Waals surface area (Å²) in [4.78, 5) is 24.3. The second-order valence-corrected chi connectivity index (χ2v) is 6.18. The summed E-state index contributed by atoms with van der Waals surface area (Å²) in [6.07, 6.45) is 0. The van der Waals surface area contributed by atoms with Crippen LogP contribution in [0.15, 0.2) is 42.5 Å². The Hall–Kier alpha value is -2.09. The van der Waals surface area contributed by atoms with Gasteiger partial charge in [0.05, 0.1) is 22.3 Å². The zero-order chi connectivity index (χ0) is 18.2. The van der Waals surface area contributed by atoms with Crippen LogP contribution in [0.1, 0.15) is 34.6 Å². The number of carbonyl (C=O) groups excluding carboxylic acids is 2. The normalized spacial score (nSPS) is 10.2. The van der Waals surface area contributed by atoms with Crippen LogP contribution in [-0.4, -0.2) is 31.6 Å². The Labute approximate surface area is 160 Å². The van der Waals surface area contributed by atoms with E-state index >= 15 is 0 Å². The van der Waals surface area contributed by atoms with E-state index in [0.29, 0.717) is 35.8 Å². The molecule has 0 aliphatic rings. The minimum absolute atomic E-state index is 0.250. The first-order chi connectivity index (χ1) is 12.1. The number of halogens is 1. The summed E-state index contributed by atoms with van der Waals surface area (Å²) in [5.74, 6) is 0.255. The summed E-state index contributed by atoms with van der Waals surface area (Å²) in [5, 5.41) is 0. The third-order valence-corrected chi connectivity index (χ3v) is 4.07. The molecule has 0 unspecified atom stereocenters. The van der Waals surface area contributed by atoms with E-state index in [-0.39, 0.29) is 12.4 Å². The van der Waals surface area contributed by atoms with Crippen LogP contribution in [0.3, 0.4) is 0 Å². The molecule has 0 spiro atoms. The van der Waals surface area contributed by atoms with Crippen molar-refractivity contribution < 1.29 is 23.8 Å². The third-order valence-electron chi connectivity index (χ3n) is 3.26. The number of benzene rings is 2. The Morgan fingerprint density at radius 3 is 2.28 bits per heavy atom. The standard InChI is InChI=1S/C19H19IO5/c1-3-23-17-11-14(10-15(20)18(17)24-4-2)19(22)25-12-16(21)13-8-6-5-7-9-13/h5-11H,3-4,12H2,1-2H3. The van der Waals surface area contributed by atoms with Crippen LogP contribution >= 0.6 is 22.6 Å². The van der Waals surface area contributed by atoms with E-state index in [0.717, 1.165) is 3.57 Å². The molecule has 0 amide bonds. The van der Waals surface area contributed by atoms with Gasteiger partial charge in [0.2, 0.25) is 0 Å². The van der Waals surface area contributed by atoms with Gasteiger partial charge >= 0.3 is 5.97 Å². The number of carbonyl (C=O) groups is 2. The van der Waals surface area contributed by atoms with Crippen LogP contribution in [0.5, 0.6) is 11.5 Å². The van der Waals surface area contributed by atoms with E-state index in [1.807, 2.05) is 19.9 Å². The molecule has 0 N–H and O–H groups in total. The van der Waals surface area contributed by atoms with Crippen LogP contribution in [0.4, 0.5) is 0 Å². The van der Waals surface area contributed by atoms with Gasteiger partial charge in [-0.25, -0.2) is 4.79 Å². The lowest BCUT2D eigenvalue weighted by molar-refractivity contribution is 0.0474. The van der Waals surface area contributed by atoms with Crippen molar-refractivity contribution in [3.05, 3.63) is 57.2 Å². The van der Waals surface area contributed by atoms with Crippen molar-refractivity contribution in [1.82, 2.24) is 0 Å². The lowest BCUT2D eigenvalue weighted by Gasteiger charge is -2.14. The smallest absolute Gasteiger partial charge is 0.338 e. The highest BCUT2D eigenvalue weighted by Gasteiger charge is 2.18. The van der Waals surface area contributed by atoms with Crippen molar-refractivity contribution in [2.75, 3.05) is 19.8 Å². The highest BCUT2D eigenvalue weighted by molar-refractivity contribution is 14.1. The molecule has 2 aromatic carbocycles. The van der Waals surface area contributed by atoms with Crippen molar-refractivity contribution in [2.45, 2.75) is 13.8 Å². The van der Waals surface area contributed by atoms with Crippen LogP contribution in [0, 0.1) is 3.57 Å². The monoisotopic (exact) mass is 454 g/mol. The molecule has 0 aliphatic heterocycles. The van der Waals surface area contributed by atoms with Crippen molar-refractivity contribution in [3.63, 3.8) is 0 Å². The Morgan fingerprint density at radius 1 is 0.960 bits per heavy atom. The van der Waals surface area contributed by atoms with E-state index in [4.69, 9.17) is 14.2 Å². The minimum Gasteiger partial charge on any atom is -0.490 e. The van der Waals surface area contributed by atoms with Gasteiger partial charge in [-0.2, -0.15) is 0 Å². The molecular formula is C19H19IO5. The molecule has 0 radical (unpaired) electrons. The molecule has 0 saturated heterocycles. The number of ketones is 1. The Balaban J connectivity index is 2.12. The topological polar surface area (TPSA) is 61.8 Å². The molecule has 0 fully saturated rings. The van der Waals surface area contributed by atoms with E-state index < -0.39 is 5.97 Å². The summed E-state index contributed by atoms with van der Waals surface area (Å²) in [5.41, 5.74) is 0.823. The second kappa shape index (κ2) is 9.41. The third kappa shape index (κ3) is 5.19. The van der Waals surface area contributed by atoms with E-state index in [9.17, 15) is 9.59 Å². The molecule has 5 nitrogen and oxygen atoms in total. The van der Waals surface area contributed by atoms with Crippen LogP contribution in [0.25, 0.3) is 0 Å². The first-order valence-electron chi connectivity index (χ1n) is 7.91. The molecular weight excluding hydrogens is 435 g/mol. The van der Waals surface area contributed by atoms with Gasteiger partial charge in [0.15, 0.2) is 23.9 Å². The number of esters is 1. The number of Topliss-reactive ketones (excluding diaryl/α,β-unsaturated/α-hetero) is 1. The second-order valence-electron chi connectivity index (χ2n) is 5.02. The molecule has 0 atom stereocenters. The molecule has 6 heteroatoms. The fourth-order valence-corrected chi connectivity index (χ4v) is 2.91. The van der Waals surface area contributed by atoms with Crippen LogP contribution < -0.4 is 9.47 Å². The summed E-state index contributed by atoms with van der Waals surface area (Å²) in [6, 6.07) is 11.9. The SMILES string of the molecule is CCOc1cc(C(=O)OCC(=O)c2ccccc2)cc(I)c1OCC. The van der Waals surface area contributed by atoms with Gasteiger partial charge in [0.1, 0.15) is 0 Å². The molecule has 2 aromatic rings. The van der Waals surface area contributed by atoms with Crippen molar-refractivity contribution >= 4 is 34.3 Å². The molecule has 0 saturated carbocycles. The average molecular weight is 454 g/mol. The first-order valence-corrected chi connectivity index (χ1v) is 8.99. The molecule has 2 rings (SSSR count). The molecule has 0 aromatic heterocycles. The maximum Gasteiger partial charge on any atom is 0.338 e. The van der Waals surface area contributed by atoms with E-state index in [1.165, 1.54) is 0 Å². The number of hydrogen-bond acceptors (Lipinski definition) is 5. The summed E-state index contributed by atoms with van der Waals surface area (Å²) < 4.78 is 17.0. The summed E-state index contributed by atoms with van der Waals surface area (Å²) in [7, 11) is 0. The highest BCUT2D eigenvalue weighted by atomic mass is 127. The van der Waals surface area contributed by atoms with Gasteiger partial charge in [-0.15, -0.1) is 0 Å². The van der Waals surface area contributed by atoms with Crippen LogP contribution in [-0.2, 0) is 4.74 Å². The Morgan fingerprint density at radius 2 is 1.64 bits per heavy atom. The van der Waals surface area contributed by atoms with Gasteiger partial charge in [-0.1, -0.05) is 30.3 Å². The maximum atomic E-state index is 12.3. The first kappa shape index (κ1) is 19.2. The quantitative estimate of drug-likeness (QED) is 0.341. The zero-order valence-electron chi connectivity index (χ0n) is 14.1. The predicted molar refractivity (Wildman–Crippen MR) is 103 cm³/mol. The van der Waals surface area contributed by atoms with Gasteiger partial charge in [-0.3, -0.25) is 4.79 Å². The maximum absolute atomic E-state index is 12.3. The number of hydrogen-bond donors (Lipinski definition) is 0. The Kier molecular flexibility index (Phi) is 7.24. The van der Waals surface area contributed by atoms with Gasteiger partial charge < -0.3 is 14.2 Å².